The van der Waals surface area contributed by atoms with Gasteiger partial charge in [0.05, 0.1) is 0 Å². The lowest BCUT2D eigenvalue weighted by atomic mass is 9.89. The van der Waals surface area contributed by atoms with E-state index in [2.05, 4.69) is 16.9 Å². The van der Waals surface area contributed by atoms with Gasteiger partial charge in [0.1, 0.15) is 5.78 Å². The highest BCUT2D eigenvalue weighted by atomic mass is 32.2. The number of aromatic nitrogens is 2. The number of carbonyl (C=O) groups is 1. The zero-order chi connectivity index (χ0) is 9.97. The molecule has 0 aromatic carbocycles. The van der Waals surface area contributed by atoms with E-state index < -0.39 is 0 Å². The van der Waals surface area contributed by atoms with Crippen molar-refractivity contribution in [1.82, 2.24) is 9.97 Å². The largest absolute Gasteiger partial charge is 0.340 e. The van der Waals surface area contributed by atoms with Gasteiger partial charge >= 0.3 is 0 Å². The molecule has 4 heteroatoms. The van der Waals surface area contributed by atoms with Crippen molar-refractivity contribution in [2.24, 2.45) is 5.92 Å². The first-order chi connectivity index (χ1) is 6.75. The van der Waals surface area contributed by atoms with Gasteiger partial charge in [0, 0.05) is 30.5 Å². The number of hydrogen-bond donors (Lipinski definition) is 1. The first-order valence-electron chi connectivity index (χ1n) is 4.93. The molecule has 1 aromatic rings. The van der Waals surface area contributed by atoms with E-state index in [9.17, 15) is 4.79 Å². The van der Waals surface area contributed by atoms with Crippen LogP contribution < -0.4 is 0 Å². The van der Waals surface area contributed by atoms with Crippen molar-refractivity contribution in [3.05, 3.63) is 12.4 Å². The third kappa shape index (κ3) is 2.18. The molecule has 1 fully saturated rings. The number of ketones is 1. The smallest absolute Gasteiger partial charge is 0.165 e. The zero-order valence-corrected chi connectivity index (χ0v) is 9.01. The summed E-state index contributed by atoms with van der Waals surface area (Å²) in [6, 6.07) is 0. The molecule has 2 unspecified atom stereocenters. The summed E-state index contributed by atoms with van der Waals surface area (Å²) in [4.78, 5) is 18.5. The Morgan fingerprint density at radius 1 is 1.64 bits per heavy atom. The number of thioether (sulfide) groups is 1. The molecular weight excluding hydrogens is 196 g/mol. The standard InChI is InChI=1S/C10H14N2OS/c1-7-2-3-8(13)6-9(7)14-10-11-4-5-12-10/h4-5,7,9H,2-3,6H2,1H3,(H,11,12). The minimum Gasteiger partial charge on any atom is -0.340 e. The maximum absolute atomic E-state index is 11.3. The summed E-state index contributed by atoms with van der Waals surface area (Å²) in [5.74, 6) is 1.01. The molecule has 0 saturated heterocycles. The summed E-state index contributed by atoms with van der Waals surface area (Å²) >= 11 is 1.70. The number of nitrogens with zero attached hydrogens (tertiary/aromatic N) is 1. The SMILES string of the molecule is CC1CCC(=O)CC1Sc1ncc[nH]1. The monoisotopic (exact) mass is 210 g/mol. The summed E-state index contributed by atoms with van der Waals surface area (Å²) in [7, 11) is 0. The molecule has 1 aliphatic carbocycles. The van der Waals surface area contributed by atoms with Gasteiger partial charge in [-0.3, -0.25) is 4.79 Å². The number of imidazole rings is 1. The van der Waals surface area contributed by atoms with Crippen LogP contribution in [-0.4, -0.2) is 21.0 Å². The number of rotatable bonds is 2. The van der Waals surface area contributed by atoms with Crippen molar-refractivity contribution in [2.75, 3.05) is 0 Å². The first-order valence-corrected chi connectivity index (χ1v) is 5.81. The molecule has 0 radical (unpaired) electrons. The fourth-order valence-corrected chi connectivity index (χ4v) is 2.90. The van der Waals surface area contributed by atoms with Gasteiger partial charge in [-0.15, -0.1) is 0 Å². The Bertz CT molecular complexity index is 310. The summed E-state index contributed by atoms with van der Waals surface area (Å²) in [5.41, 5.74) is 0. The van der Waals surface area contributed by atoms with Gasteiger partial charge in [-0.1, -0.05) is 18.7 Å². The van der Waals surface area contributed by atoms with Crippen LogP contribution in [-0.2, 0) is 4.79 Å². The lowest BCUT2D eigenvalue weighted by molar-refractivity contribution is -0.120. The third-order valence-corrected chi connectivity index (χ3v) is 4.06. The molecule has 0 aliphatic heterocycles. The summed E-state index contributed by atoms with van der Waals surface area (Å²) < 4.78 is 0. The fraction of sp³-hybridized carbons (Fsp3) is 0.600. The topological polar surface area (TPSA) is 45.8 Å². The van der Waals surface area contributed by atoms with Crippen LogP contribution in [0.1, 0.15) is 26.2 Å². The van der Waals surface area contributed by atoms with Gasteiger partial charge in [-0.05, 0) is 12.3 Å². The van der Waals surface area contributed by atoms with E-state index in [1.54, 1.807) is 18.0 Å². The predicted octanol–water partition coefficient (Wildman–Crippen LogP) is 2.26. The number of Topliss-reactive ketones (excluding diaryl/α,β-unsaturated/α-hetero) is 1. The van der Waals surface area contributed by atoms with Crippen molar-refractivity contribution < 1.29 is 4.79 Å². The summed E-state index contributed by atoms with van der Waals surface area (Å²) in [6.07, 6.45) is 6.05. The minimum atomic E-state index is 0.396. The van der Waals surface area contributed by atoms with Gasteiger partial charge in [0.15, 0.2) is 5.16 Å². The van der Waals surface area contributed by atoms with Crippen LogP contribution in [0.2, 0.25) is 0 Å². The molecule has 1 saturated carbocycles. The van der Waals surface area contributed by atoms with Crippen LogP contribution in [0.4, 0.5) is 0 Å². The number of aromatic amines is 1. The Balaban J connectivity index is 1.99. The molecule has 0 bridgehead atoms. The van der Waals surface area contributed by atoms with Crippen LogP contribution >= 0.6 is 11.8 Å². The normalized spacial score (nSPS) is 27.9. The average Bonchev–Trinajstić information content (AvgIpc) is 2.64. The second-order valence-corrected chi connectivity index (χ2v) is 5.04. The third-order valence-electron chi connectivity index (χ3n) is 2.68. The van der Waals surface area contributed by atoms with Gasteiger partial charge in [-0.25, -0.2) is 4.98 Å². The molecule has 3 nitrogen and oxygen atoms in total. The summed E-state index contributed by atoms with van der Waals surface area (Å²) in [6.45, 7) is 2.22. The Morgan fingerprint density at radius 3 is 3.21 bits per heavy atom. The van der Waals surface area contributed by atoms with E-state index in [-0.39, 0.29) is 0 Å². The molecule has 1 aliphatic rings. The van der Waals surface area contributed by atoms with E-state index in [1.165, 1.54) is 0 Å². The number of nitrogens with one attached hydrogen (secondary N) is 1. The quantitative estimate of drug-likeness (QED) is 0.814. The second kappa shape index (κ2) is 4.17. The Labute approximate surface area is 87.7 Å². The number of H-pyrrole nitrogens is 1. The van der Waals surface area contributed by atoms with E-state index in [0.717, 1.165) is 18.0 Å². The second-order valence-electron chi connectivity index (χ2n) is 3.81. The molecular formula is C10H14N2OS. The van der Waals surface area contributed by atoms with Crippen molar-refractivity contribution in [1.29, 1.82) is 0 Å². The van der Waals surface area contributed by atoms with Crippen molar-refractivity contribution in [2.45, 2.75) is 36.6 Å². The van der Waals surface area contributed by atoms with E-state index in [1.807, 2.05) is 6.20 Å². The van der Waals surface area contributed by atoms with Crippen LogP contribution in [0.25, 0.3) is 0 Å². The maximum Gasteiger partial charge on any atom is 0.165 e. The highest BCUT2D eigenvalue weighted by molar-refractivity contribution is 7.99. The van der Waals surface area contributed by atoms with Crippen LogP contribution in [0.3, 0.4) is 0 Å². The lowest BCUT2D eigenvalue weighted by Crippen LogP contribution is -2.25. The molecule has 0 spiro atoms. The molecule has 14 heavy (non-hydrogen) atoms. The zero-order valence-electron chi connectivity index (χ0n) is 8.19. The van der Waals surface area contributed by atoms with Gasteiger partial charge < -0.3 is 4.98 Å². The first kappa shape index (κ1) is 9.77. The highest BCUT2D eigenvalue weighted by Crippen LogP contribution is 2.34. The molecule has 1 N–H and O–H groups in total. The number of hydrogen-bond acceptors (Lipinski definition) is 3. The Morgan fingerprint density at radius 2 is 2.50 bits per heavy atom. The Kier molecular flexibility index (Phi) is 2.91. The van der Waals surface area contributed by atoms with Gasteiger partial charge in [0.2, 0.25) is 0 Å². The average molecular weight is 210 g/mol. The van der Waals surface area contributed by atoms with Crippen molar-refractivity contribution in [3.63, 3.8) is 0 Å². The van der Waals surface area contributed by atoms with Crippen molar-refractivity contribution in [3.8, 4) is 0 Å². The van der Waals surface area contributed by atoms with Gasteiger partial charge in [-0.2, -0.15) is 0 Å². The maximum atomic E-state index is 11.3. The van der Waals surface area contributed by atoms with Crippen molar-refractivity contribution >= 4 is 17.5 Å². The Hall–Kier alpha value is -0.770. The number of carbonyl (C=O) groups excluding carboxylic acids is 1. The fourth-order valence-electron chi connectivity index (χ4n) is 1.72. The van der Waals surface area contributed by atoms with Gasteiger partial charge in [0.25, 0.3) is 0 Å². The molecule has 2 atom stereocenters. The predicted molar refractivity (Wildman–Crippen MR) is 56.3 cm³/mol. The van der Waals surface area contributed by atoms with Crippen LogP contribution in [0, 0.1) is 5.92 Å². The van der Waals surface area contributed by atoms with Crippen LogP contribution in [0.15, 0.2) is 17.6 Å². The van der Waals surface area contributed by atoms with E-state index in [0.29, 0.717) is 23.4 Å². The molecule has 2 rings (SSSR count). The highest BCUT2D eigenvalue weighted by Gasteiger charge is 2.27. The lowest BCUT2D eigenvalue weighted by Gasteiger charge is -2.26. The molecule has 1 heterocycles. The molecule has 76 valence electrons. The molecule has 0 amide bonds. The summed E-state index contributed by atoms with van der Waals surface area (Å²) in [5, 5.41) is 1.33. The van der Waals surface area contributed by atoms with Crippen LogP contribution in [0.5, 0.6) is 0 Å². The molecule has 1 aromatic heterocycles. The minimum absolute atomic E-state index is 0.396. The van der Waals surface area contributed by atoms with E-state index >= 15 is 0 Å². The van der Waals surface area contributed by atoms with E-state index in [4.69, 9.17) is 0 Å².